The average Bonchev–Trinajstić information content (AvgIpc) is 2.30. The van der Waals surface area contributed by atoms with Crippen LogP contribution >= 0.6 is 0 Å². The number of anilines is 2. The van der Waals surface area contributed by atoms with E-state index in [-0.39, 0.29) is 18.6 Å². The highest BCUT2D eigenvalue weighted by atomic mass is 16.3. The number of amides is 1. The molecule has 0 unspecified atom stereocenters. The molecule has 2 rings (SSSR count). The number of carbonyl (C=O) groups is 1. The summed E-state index contributed by atoms with van der Waals surface area (Å²) in [4.78, 5) is 17.9. The second-order valence-electron chi connectivity index (χ2n) is 3.82. The van der Waals surface area contributed by atoms with Crippen molar-refractivity contribution in [2.24, 2.45) is 0 Å². The van der Waals surface area contributed by atoms with Crippen LogP contribution in [0, 0.1) is 0 Å². The van der Waals surface area contributed by atoms with Crippen LogP contribution in [0.1, 0.15) is 19.4 Å². The van der Waals surface area contributed by atoms with Crippen molar-refractivity contribution >= 4 is 17.4 Å². The number of pyridine rings is 1. The van der Waals surface area contributed by atoms with Gasteiger partial charge in [-0.2, -0.15) is 0 Å². The zero-order chi connectivity index (χ0) is 11.7. The maximum absolute atomic E-state index is 11.7. The molecule has 0 fully saturated rings. The molecular weight excluding hydrogens is 206 g/mol. The number of carbonyl (C=O) groups excluding carboxylic acids is 1. The Hall–Kier alpha value is -1.62. The molecule has 5 heteroatoms. The van der Waals surface area contributed by atoms with E-state index in [2.05, 4.69) is 10.3 Å². The summed E-state index contributed by atoms with van der Waals surface area (Å²) in [7, 11) is 0. The van der Waals surface area contributed by atoms with Crippen LogP contribution in [0.4, 0.5) is 11.5 Å². The Morgan fingerprint density at radius 3 is 3.00 bits per heavy atom. The van der Waals surface area contributed by atoms with Crippen LogP contribution in [0.3, 0.4) is 0 Å². The SMILES string of the molecule is CCN1c2ncc(CO)cc2NC(=O)[C@@H]1C. The molecule has 1 aliphatic rings. The lowest BCUT2D eigenvalue weighted by atomic mass is 10.1. The number of aliphatic hydroxyl groups excluding tert-OH is 1. The molecule has 2 heterocycles. The number of fused-ring (bicyclic) bond motifs is 1. The number of nitrogens with zero attached hydrogens (tertiary/aromatic N) is 2. The van der Waals surface area contributed by atoms with Gasteiger partial charge >= 0.3 is 0 Å². The van der Waals surface area contributed by atoms with Crippen LogP contribution in [0.25, 0.3) is 0 Å². The van der Waals surface area contributed by atoms with Crippen LogP contribution in [0.15, 0.2) is 12.3 Å². The Kier molecular flexibility index (Phi) is 2.78. The molecule has 1 amide bonds. The second-order valence-corrected chi connectivity index (χ2v) is 3.82. The van der Waals surface area contributed by atoms with E-state index in [0.717, 1.165) is 12.4 Å². The summed E-state index contributed by atoms with van der Waals surface area (Å²) < 4.78 is 0. The number of aliphatic hydroxyl groups is 1. The van der Waals surface area contributed by atoms with Crippen LogP contribution in [-0.2, 0) is 11.4 Å². The van der Waals surface area contributed by atoms with Crippen molar-refractivity contribution in [3.05, 3.63) is 17.8 Å². The maximum atomic E-state index is 11.7. The predicted octanol–water partition coefficient (Wildman–Crippen LogP) is 0.741. The molecule has 0 saturated carbocycles. The zero-order valence-corrected chi connectivity index (χ0v) is 9.40. The Balaban J connectivity index is 2.46. The van der Waals surface area contributed by atoms with Gasteiger partial charge in [0.2, 0.25) is 5.91 Å². The normalized spacial score (nSPS) is 19.3. The molecule has 0 aromatic carbocycles. The summed E-state index contributed by atoms with van der Waals surface area (Å²) in [6, 6.07) is 1.55. The predicted molar refractivity (Wildman–Crippen MR) is 61.3 cm³/mol. The van der Waals surface area contributed by atoms with Crippen molar-refractivity contribution < 1.29 is 9.90 Å². The quantitative estimate of drug-likeness (QED) is 0.773. The van der Waals surface area contributed by atoms with E-state index >= 15 is 0 Å². The fourth-order valence-corrected chi connectivity index (χ4v) is 1.89. The monoisotopic (exact) mass is 221 g/mol. The molecule has 0 aliphatic carbocycles. The van der Waals surface area contributed by atoms with E-state index in [1.54, 1.807) is 12.3 Å². The van der Waals surface area contributed by atoms with Gasteiger partial charge in [0, 0.05) is 12.7 Å². The van der Waals surface area contributed by atoms with Crippen molar-refractivity contribution in [1.29, 1.82) is 0 Å². The minimum atomic E-state index is -0.204. The van der Waals surface area contributed by atoms with Gasteiger partial charge in [-0.25, -0.2) is 4.98 Å². The lowest BCUT2D eigenvalue weighted by molar-refractivity contribution is -0.117. The van der Waals surface area contributed by atoms with Gasteiger partial charge in [0.25, 0.3) is 0 Å². The fourth-order valence-electron chi connectivity index (χ4n) is 1.89. The Morgan fingerprint density at radius 2 is 2.38 bits per heavy atom. The van der Waals surface area contributed by atoms with Gasteiger partial charge < -0.3 is 15.3 Å². The number of hydrogen-bond donors (Lipinski definition) is 2. The summed E-state index contributed by atoms with van der Waals surface area (Å²) in [5.74, 6) is 0.734. The number of hydrogen-bond acceptors (Lipinski definition) is 4. The van der Waals surface area contributed by atoms with Gasteiger partial charge in [0.1, 0.15) is 6.04 Å². The first kappa shape index (κ1) is 10.9. The van der Waals surface area contributed by atoms with Gasteiger partial charge in [-0.05, 0) is 25.5 Å². The number of likely N-dealkylation sites (N-methyl/N-ethyl adjacent to an activating group) is 1. The topological polar surface area (TPSA) is 65.5 Å². The Labute approximate surface area is 94.1 Å². The molecule has 1 aromatic heterocycles. The Morgan fingerprint density at radius 1 is 1.62 bits per heavy atom. The molecule has 0 radical (unpaired) electrons. The Bertz CT molecular complexity index is 420. The van der Waals surface area contributed by atoms with E-state index < -0.39 is 0 Å². The van der Waals surface area contributed by atoms with E-state index in [4.69, 9.17) is 5.11 Å². The third-order valence-electron chi connectivity index (χ3n) is 2.82. The smallest absolute Gasteiger partial charge is 0.246 e. The lowest BCUT2D eigenvalue weighted by Crippen LogP contribution is -2.46. The summed E-state index contributed by atoms with van der Waals surface area (Å²) in [6.07, 6.45) is 1.63. The maximum Gasteiger partial charge on any atom is 0.246 e. The molecule has 0 spiro atoms. The van der Waals surface area contributed by atoms with Crippen molar-refractivity contribution in [1.82, 2.24) is 4.98 Å². The molecule has 0 saturated heterocycles. The van der Waals surface area contributed by atoms with Gasteiger partial charge in [-0.15, -0.1) is 0 Å². The minimum Gasteiger partial charge on any atom is -0.392 e. The largest absolute Gasteiger partial charge is 0.392 e. The van der Waals surface area contributed by atoms with Crippen LogP contribution in [-0.4, -0.2) is 28.6 Å². The van der Waals surface area contributed by atoms with Crippen molar-refractivity contribution in [2.75, 3.05) is 16.8 Å². The highest BCUT2D eigenvalue weighted by Gasteiger charge is 2.29. The molecule has 1 aliphatic heterocycles. The van der Waals surface area contributed by atoms with Gasteiger partial charge in [-0.1, -0.05) is 0 Å². The van der Waals surface area contributed by atoms with Crippen molar-refractivity contribution in [3.63, 3.8) is 0 Å². The molecule has 0 bridgehead atoms. The van der Waals surface area contributed by atoms with Crippen LogP contribution < -0.4 is 10.2 Å². The molecule has 86 valence electrons. The summed E-state index contributed by atoms with van der Waals surface area (Å²) in [6.45, 7) is 4.49. The van der Waals surface area contributed by atoms with Gasteiger partial charge in [0.15, 0.2) is 5.82 Å². The van der Waals surface area contributed by atoms with Crippen molar-refractivity contribution in [2.45, 2.75) is 26.5 Å². The van der Waals surface area contributed by atoms with E-state index in [9.17, 15) is 4.79 Å². The summed E-state index contributed by atoms with van der Waals surface area (Å²) in [5.41, 5.74) is 1.38. The van der Waals surface area contributed by atoms with E-state index in [1.807, 2.05) is 18.7 Å². The molecular formula is C11H15N3O2. The zero-order valence-electron chi connectivity index (χ0n) is 9.40. The number of aromatic nitrogens is 1. The standard InChI is InChI=1S/C11H15N3O2/c1-3-14-7(2)11(16)13-9-4-8(6-15)5-12-10(9)14/h4-5,7,15H,3,6H2,1-2H3,(H,13,16)/t7-/m0/s1. The highest BCUT2D eigenvalue weighted by Crippen LogP contribution is 2.30. The first-order valence-electron chi connectivity index (χ1n) is 5.34. The number of nitrogens with one attached hydrogen (secondary N) is 1. The molecule has 5 nitrogen and oxygen atoms in total. The first-order valence-corrected chi connectivity index (χ1v) is 5.34. The minimum absolute atomic E-state index is 0.0359. The first-order chi connectivity index (χ1) is 7.67. The average molecular weight is 221 g/mol. The summed E-state index contributed by atoms with van der Waals surface area (Å²) in [5, 5.41) is 11.8. The molecule has 1 atom stereocenters. The van der Waals surface area contributed by atoms with E-state index in [0.29, 0.717) is 11.3 Å². The molecule has 2 N–H and O–H groups in total. The van der Waals surface area contributed by atoms with Gasteiger partial charge in [0.05, 0.1) is 12.3 Å². The molecule has 16 heavy (non-hydrogen) atoms. The third kappa shape index (κ3) is 1.63. The lowest BCUT2D eigenvalue weighted by Gasteiger charge is -2.34. The summed E-state index contributed by atoms with van der Waals surface area (Å²) >= 11 is 0. The van der Waals surface area contributed by atoms with E-state index in [1.165, 1.54) is 0 Å². The van der Waals surface area contributed by atoms with Crippen LogP contribution in [0.5, 0.6) is 0 Å². The van der Waals surface area contributed by atoms with Gasteiger partial charge in [-0.3, -0.25) is 4.79 Å². The number of rotatable bonds is 2. The van der Waals surface area contributed by atoms with Crippen LogP contribution in [0.2, 0.25) is 0 Å². The fraction of sp³-hybridized carbons (Fsp3) is 0.455. The highest BCUT2D eigenvalue weighted by molar-refractivity contribution is 6.02. The third-order valence-corrected chi connectivity index (χ3v) is 2.82. The second kappa shape index (κ2) is 4.09. The van der Waals surface area contributed by atoms with Crippen molar-refractivity contribution in [3.8, 4) is 0 Å². The molecule has 1 aromatic rings.